The minimum atomic E-state index is -0.983. The van der Waals surface area contributed by atoms with E-state index in [0.717, 1.165) is 0 Å². The van der Waals surface area contributed by atoms with Crippen LogP contribution in [0, 0.1) is 0 Å². The second-order valence-corrected chi connectivity index (χ2v) is 2.85. The standard InChI is InChI=1S/C7H5N3O2S/c11-6(12)4-1-2-5-8-9-7(13)10(5)3-4/h1-3H,(H,9,13)(H,11,12). The molecule has 0 atom stereocenters. The number of fused-ring (bicyclic) bond motifs is 1. The van der Waals surface area contributed by atoms with Crippen LogP contribution in [0.25, 0.3) is 5.65 Å². The zero-order valence-corrected chi connectivity index (χ0v) is 7.27. The molecule has 0 saturated carbocycles. The smallest absolute Gasteiger partial charge is 0.337 e. The van der Waals surface area contributed by atoms with E-state index >= 15 is 0 Å². The van der Waals surface area contributed by atoms with Gasteiger partial charge in [0.2, 0.25) is 0 Å². The lowest BCUT2D eigenvalue weighted by molar-refractivity contribution is 0.0696. The van der Waals surface area contributed by atoms with E-state index in [1.165, 1.54) is 16.7 Å². The summed E-state index contributed by atoms with van der Waals surface area (Å²) in [6.45, 7) is 0. The van der Waals surface area contributed by atoms with Gasteiger partial charge in [0.25, 0.3) is 0 Å². The summed E-state index contributed by atoms with van der Waals surface area (Å²) in [6, 6.07) is 3.05. The van der Waals surface area contributed by atoms with E-state index in [-0.39, 0.29) is 5.56 Å². The van der Waals surface area contributed by atoms with Crippen molar-refractivity contribution in [3.63, 3.8) is 0 Å². The molecule has 66 valence electrons. The normalized spacial score (nSPS) is 10.5. The molecule has 2 heterocycles. The van der Waals surface area contributed by atoms with Gasteiger partial charge in [-0.05, 0) is 12.1 Å². The van der Waals surface area contributed by atoms with Crippen molar-refractivity contribution >= 4 is 24.2 Å². The highest BCUT2D eigenvalue weighted by Crippen LogP contribution is 2.09. The van der Waals surface area contributed by atoms with Gasteiger partial charge in [-0.3, -0.25) is 4.40 Å². The van der Waals surface area contributed by atoms with Crippen LogP contribution in [0.1, 0.15) is 10.4 Å². The van der Waals surface area contributed by atoms with E-state index in [4.69, 9.17) is 5.11 Å². The predicted molar refractivity (Wildman–Crippen MR) is 47.2 cm³/mol. The summed E-state index contributed by atoms with van der Waals surface area (Å²) in [5.74, 6) is -0.983. The first kappa shape index (κ1) is 8.06. The van der Waals surface area contributed by atoms with E-state index in [1.807, 2.05) is 0 Å². The molecule has 13 heavy (non-hydrogen) atoms. The molecule has 0 spiro atoms. The van der Waals surface area contributed by atoms with Crippen LogP contribution in [0.4, 0.5) is 0 Å². The van der Waals surface area contributed by atoms with Gasteiger partial charge in [0, 0.05) is 6.20 Å². The summed E-state index contributed by atoms with van der Waals surface area (Å²) in [6.07, 6.45) is 1.43. The molecule has 0 fully saturated rings. The lowest BCUT2D eigenvalue weighted by atomic mass is 10.3. The SMILES string of the molecule is O=C(O)c1ccc2nnc(S)n2c1. The van der Waals surface area contributed by atoms with Gasteiger partial charge >= 0.3 is 5.97 Å². The molecule has 1 N–H and O–H groups in total. The number of aromatic carboxylic acids is 1. The fourth-order valence-corrected chi connectivity index (χ4v) is 1.21. The van der Waals surface area contributed by atoms with Crippen molar-refractivity contribution in [1.29, 1.82) is 0 Å². The van der Waals surface area contributed by atoms with Gasteiger partial charge < -0.3 is 5.11 Å². The summed E-state index contributed by atoms with van der Waals surface area (Å²) >= 11 is 4.01. The Labute approximate surface area is 78.4 Å². The van der Waals surface area contributed by atoms with Crippen LogP contribution in [0.15, 0.2) is 23.5 Å². The van der Waals surface area contributed by atoms with Gasteiger partial charge in [-0.1, -0.05) is 0 Å². The third-order valence-electron chi connectivity index (χ3n) is 1.63. The number of aromatic nitrogens is 3. The molecule has 2 aromatic heterocycles. The Morgan fingerprint density at radius 3 is 2.92 bits per heavy atom. The summed E-state index contributed by atoms with van der Waals surface area (Å²) < 4.78 is 1.51. The average molecular weight is 195 g/mol. The number of rotatable bonds is 1. The van der Waals surface area contributed by atoms with Crippen molar-refractivity contribution in [2.45, 2.75) is 5.16 Å². The Bertz CT molecular complexity index is 480. The second-order valence-electron chi connectivity index (χ2n) is 2.45. The lowest BCUT2D eigenvalue weighted by Crippen LogP contribution is -1.98. The number of nitrogens with zero attached hydrogens (tertiary/aromatic N) is 3. The molecule has 0 bridgehead atoms. The third kappa shape index (κ3) is 1.25. The van der Waals surface area contributed by atoms with Gasteiger partial charge in [-0.15, -0.1) is 22.8 Å². The van der Waals surface area contributed by atoms with Crippen LogP contribution in [-0.4, -0.2) is 25.7 Å². The predicted octanol–water partition coefficient (Wildman–Crippen LogP) is 0.716. The Morgan fingerprint density at radius 1 is 1.46 bits per heavy atom. The number of pyridine rings is 1. The van der Waals surface area contributed by atoms with Crippen LogP contribution >= 0.6 is 12.6 Å². The highest BCUT2D eigenvalue weighted by atomic mass is 32.1. The van der Waals surface area contributed by atoms with Crippen molar-refractivity contribution in [2.75, 3.05) is 0 Å². The van der Waals surface area contributed by atoms with Crippen molar-refractivity contribution in [3.8, 4) is 0 Å². The molecule has 0 aliphatic rings. The molecule has 2 aromatic rings. The number of carboxylic acids is 1. The topological polar surface area (TPSA) is 67.5 Å². The molecule has 5 nitrogen and oxygen atoms in total. The molecular formula is C7H5N3O2S. The molecule has 6 heteroatoms. The minimum Gasteiger partial charge on any atom is -0.478 e. The van der Waals surface area contributed by atoms with Crippen LogP contribution in [0.5, 0.6) is 0 Å². The highest BCUT2D eigenvalue weighted by Gasteiger charge is 2.06. The second kappa shape index (κ2) is 2.74. The molecule has 2 rings (SSSR count). The monoisotopic (exact) mass is 195 g/mol. The molecule has 0 aliphatic carbocycles. The van der Waals surface area contributed by atoms with Crippen molar-refractivity contribution < 1.29 is 9.90 Å². The van der Waals surface area contributed by atoms with E-state index < -0.39 is 5.97 Å². The minimum absolute atomic E-state index is 0.183. The number of hydrogen-bond donors (Lipinski definition) is 2. The highest BCUT2D eigenvalue weighted by molar-refractivity contribution is 7.80. The summed E-state index contributed by atoms with van der Waals surface area (Å²) in [7, 11) is 0. The molecule has 0 unspecified atom stereocenters. The fraction of sp³-hybridized carbons (Fsp3) is 0. The Morgan fingerprint density at radius 2 is 2.23 bits per heavy atom. The molecule has 0 amide bonds. The number of hydrogen-bond acceptors (Lipinski definition) is 4. The maximum absolute atomic E-state index is 10.6. The largest absolute Gasteiger partial charge is 0.478 e. The van der Waals surface area contributed by atoms with E-state index in [1.54, 1.807) is 6.07 Å². The maximum Gasteiger partial charge on any atom is 0.337 e. The maximum atomic E-state index is 10.6. The third-order valence-corrected chi connectivity index (χ3v) is 1.94. The zero-order valence-electron chi connectivity index (χ0n) is 6.38. The van der Waals surface area contributed by atoms with Crippen molar-refractivity contribution in [3.05, 3.63) is 23.9 Å². The number of thiol groups is 1. The number of carboxylic acid groups (broad SMARTS) is 1. The Kier molecular flexibility index (Phi) is 1.70. The van der Waals surface area contributed by atoms with E-state index in [9.17, 15) is 4.79 Å². The first-order valence-corrected chi connectivity index (χ1v) is 3.90. The molecule has 0 aliphatic heterocycles. The molecular weight excluding hydrogens is 190 g/mol. The zero-order chi connectivity index (χ0) is 9.42. The fourth-order valence-electron chi connectivity index (χ4n) is 1.01. The Hall–Kier alpha value is -1.56. The summed E-state index contributed by atoms with van der Waals surface area (Å²) in [4.78, 5) is 10.6. The molecule has 0 aromatic carbocycles. The van der Waals surface area contributed by atoms with Crippen LogP contribution < -0.4 is 0 Å². The number of carbonyl (C=O) groups is 1. The van der Waals surface area contributed by atoms with Crippen LogP contribution in [-0.2, 0) is 0 Å². The first-order chi connectivity index (χ1) is 6.18. The Balaban J connectivity index is 2.72. The van der Waals surface area contributed by atoms with Gasteiger partial charge in [0.15, 0.2) is 10.8 Å². The summed E-state index contributed by atoms with van der Waals surface area (Å²) in [5.41, 5.74) is 0.762. The van der Waals surface area contributed by atoms with Crippen molar-refractivity contribution in [1.82, 2.24) is 14.6 Å². The lowest BCUT2D eigenvalue weighted by Gasteiger charge is -1.95. The molecule has 0 radical (unpaired) electrons. The van der Waals surface area contributed by atoms with Gasteiger partial charge in [0.05, 0.1) is 5.56 Å². The van der Waals surface area contributed by atoms with Crippen LogP contribution in [0.3, 0.4) is 0 Å². The quantitative estimate of drug-likeness (QED) is 0.658. The first-order valence-electron chi connectivity index (χ1n) is 3.45. The van der Waals surface area contributed by atoms with Gasteiger partial charge in [-0.25, -0.2) is 4.79 Å². The van der Waals surface area contributed by atoms with Gasteiger partial charge in [-0.2, -0.15) is 0 Å². The molecule has 0 saturated heterocycles. The van der Waals surface area contributed by atoms with E-state index in [2.05, 4.69) is 22.8 Å². The summed E-state index contributed by atoms with van der Waals surface area (Å²) in [5, 5.41) is 16.5. The van der Waals surface area contributed by atoms with Crippen LogP contribution in [0.2, 0.25) is 0 Å². The average Bonchev–Trinajstić information content (AvgIpc) is 2.47. The van der Waals surface area contributed by atoms with E-state index in [0.29, 0.717) is 10.8 Å². The van der Waals surface area contributed by atoms with Gasteiger partial charge in [0.1, 0.15) is 0 Å². The van der Waals surface area contributed by atoms with Crippen molar-refractivity contribution in [2.24, 2.45) is 0 Å².